The van der Waals surface area contributed by atoms with Crippen molar-refractivity contribution in [2.75, 3.05) is 0 Å². The van der Waals surface area contributed by atoms with Crippen molar-refractivity contribution in [1.29, 1.82) is 0 Å². The highest BCUT2D eigenvalue weighted by Gasteiger charge is 2.00. The zero-order valence-electron chi connectivity index (χ0n) is 5.22. The Morgan fingerprint density at radius 2 is 1.22 bits per heavy atom. The van der Waals surface area contributed by atoms with Gasteiger partial charge >= 0.3 is 7.82 Å². The maximum absolute atomic E-state index is 8.88. The van der Waals surface area contributed by atoms with E-state index in [1.807, 2.05) is 13.1 Å². The first-order valence-electron chi connectivity index (χ1n) is 2.20. The third-order valence-electron chi connectivity index (χ3n) is 0. The molecule has 0 saturated carbocycles. The molecule has 0 heterocycles. The fourth-order valence-electron chi connectivity index (χ4n) is 0. The molecule has 0 aromatic rings. The maximum Gasteiger partial charge on any atom is 0.466 e. The van der Waals surface area contributed by atoms with Crippen molar-refractivity contribution in [1.82, 2.24) is 0 Å². The predicted octanol–water partition coefficient (Wildman–Crippen LogP) is -0.967. The lowest BCUT2D eigenvalue weighted by Gasteiger charge is -1.82. The average Bonchev–Trinajstić information content (AvgIpc) is 1.19. The SMILES string of the molecule is C[SiH](C)O.O=P(O)(O)O. The summed E-state index contributed by atoms with van der Waals surface area (Å²) in [5, 5.41) is 0. The van der Waals surface area contributed by atoms with Crippen LogP contribution in [-0.2, 0) is 4.57 Å². The molecule has 0 bridgehead atoms. The average molecular weight is 174 g/mol. The van der Waals surface area contributed by atoms with E-state index in [9.17, 15) is 0 Å². The van der Waals surface area contributed by atoms with Crippen molar-refractivity contribution in [3.63, 3.8) is 0 Å². The summed E-state index contributed by atoms with van der Waals surface area (Å²) in [5.41, 5.74) is 0. The first kappa shape index (κ1) is 12.0. The van der Waals surface area contributed by atoms with Gasteiger partial charge in [-0.05, 0) is 13.1 Å². The molecule has 0 aliphatic rings. The van der Waals surface area contributed by atoms with E-state index in [0.29, 0.717) is 0 Å². The largest absolute Gasteiger partial charge is 0.466 e. The predicted molar refractivity (Wildman–Crippen MR) is 35.4 cm³/mol. The summed E-state index contributed by atoms with van der Waals surface area (Å²) < 4.78 is 8.88. The van der Waals surface area contributed by atoms with Gasteiger partial charge in [0, 0.05) is 0 Å². The first-order chi connectivity index (χ1) is 3.73. The smallest absolute Gasteiger partial charge is 0.435 e. The van der Waals surface area contributed by atoms with Gasteiger partial charge in [-0.15, -0.1) is 0 Å². The standard InChI is InChI=1S/C2H8OSi.H3O4P/c1-4(2)3;1-5(2,3)4/h3-4H,1-2H3;(H3,1,2,3,4). The zero-order valence-corrected chi connectivity index (χ0v) is 7.27. The van der Waals surface area contributed by atoms with Gasteiger partial charge in [-0.1, -0.05) is 0 Å². The minimum atomic E-state index is -4.64. The van der Waals surface area contributed by atoms with Gasteiger partial charge in [0.05, 0.1) is 0 Å². The van der Waals surface area contributed by atoms with Gasteiger partial charge in [0.25, 0.3) is 0 Å². The van der Waals surface area contributed by atoms with Crippen LogP contribution in [-0.4, -0.2) is 28.5 Å². The van der Waals surface area contributed by atoms with E-state index in [-0.39, 0.29) is 0 Å². The van der Waals surface area contributed by atoms with E-state index < -0.39 is 16.9 Å². The Morgan fingerprint density at radius 3 is 1.22 bits per heavy atom. The van der Waals surface area contributed by atoms with E-state index in [2.05, 4.69) is 0 Å². The van der Waals surface area contributed by atoms with Gasteiger partial charge in [0.15, 0.2) is 9.04 Å². The molecular weight excluding hydrogens is 163 g/mol. The molecule has 0 saturated heterocycles. The molecule has 0 rings (SSSR count). The quantitative estimate of drug-likeness (QED) is 0.280. The molecule has 0 atom stereocenters. The Balaban J connectivity index is 0. The minimum Gasteiger partial charge on any atom is -0.435 e. The zero-order chi connectivity index (χ0) is 8.08. The topological polar surface area (TPSA) is 98.0 Å². The summed E-state index contributed by atoms with van der Waals surface area (Å²) >= 11 is 0. The van der Waals surface area contributed by atoms with E-state index >= 15 is 0 Å². The highest BCUT2D eigenvalue weighted by Crippen LogP contribution is 2.25. The molecule has 0 fully saturated rings. The van der Waals surface area contributed by atoms with Gasteiger partial charge in [-0.3, -0.25) is 0 Å². The third-order valence-corrected chi connectivity index (χ3v) is 0. The van der Waals surface area contributed by atoms with Crippen LogP contribution in [0.15, 0.2) is 0 Å². The van der Waals surface area contributed by atoms with Crippen LogP contribution in [0.4, 0.5) is 0 Å². The summed E-state index contributed by atoms with van der Waals surface area (Å²) in [7, 11) is -5.78. The second-order valence-electron chi connectivity index (χ2n) is 1.61. The molecule has 7 heteroatoms. The third kappa shape index (κ3) is 3980. The summed E-state index contributed by atoms with van der Waals surface area (Å²) in [6, 6.07) is 0. The lowest BCUT2D eigenvalue weighted by Crippen LogP contribution is -1.93. The number of hydrogen-bond acceptors (Lipinski definition) is 2. The second-order valence-corrected chi connectivity index (χ2v) is 4.82. The molecule has 0 amide bonds. The molecule has 5 nitrogen and oxygen atoms in total. The van der Waals surface area contributed by atoms with Crippen LogP contribution in [0.2, 0.25) is 13.1 Å². The molecule has 0 aromatic carbocycles. The fraction of sp³-hybridized carbons (Fsp3) is 1.00. The van der Waals surface area contributed by atoms with Crippen LogP contribution in [0.3, 0.4) is 0 Å². The van der Waals surface area contributed by atoms with Gasteiger partial charge in [-0.2, -0.15) is 0 Å². The monoisotopic (exact) mass is 174 g/mol. The van der Waals surface area contributed by atoms with Crippen molar-refractivity contribution in [3.05, 3.63) is 0 Å². The highest BCUT2D eigenvalue weighted by atomic mass is 31.2. The van der Waals surface area contributed by atoms with Crippen LogP contribution in [0.25, 0.3) is 0 Å². The minimum absolute atomic E-state index is 1.14. The molecule has 0 spiro atoms. The van der Waals surface area contributed by atoms with Crippen molar-refractivity contribution >= 4 is 16.9 Å². The molecule has 0 aliphatic carbocycles. The summed E-state index contributed by atoms with van der Waals surface area (Å²) in [4.78, 5) is 29.8. The Hall–Kier alpha value is 0.287. The number of phosphoric acid groups is 1. The normalized spacial score (nSPS) is 10.6. The first-order valence-corrected chi connectivity index (χ1v) is 6.59. The van der Waals surface area contributed by atoms with E-state index in [1.165, 1.54) is 0 Å². The Kier molecular flexibility index (Phi) is 6.81. The highest BCUT2D eigenvalue weighted by molar-refractivity contribution is 7.45. The van der Waals surface area contributed by atoms with Crippen LogP contribution < -0.4 is 0 Å². The summed E-state index contributed by atoms with van der Waals surface area (Å²) in [6.45, 7) is 3.72. The lowest BCUT2D eigenvalue weighted by molar-refractivity contribution is 0.275. The molecule has 0 aliphatic heterocycles. The molecule has 9 heavy (non-hydrogen) atoms. The number of hydrogen-bond donors (Lipinski definition) is 4. The van der Waals surface area contributed by atoms with Crippen molar-refractivity contribution in [2.24, 2.45) is 0 Å². The molecule has 4 N–H and O–H groups in total. The van der Waals surface area contributed by atoms with Crippen LogP contribution in [0.1, 0.15) is 0 Å². The second kappa shape index (κ2) is 5.10. The summed E-state index contributed by atoms with van der Waals surface area (Å²) in [5.74, 6) is 0. The Bertz CT molecular complexity index is 86.1. The van der Waals surface area contributed by atoms with E-state index in [1.54, 1.807) is 0 Å². The van der Waals surface area contributed by atoms with Crippen LogP contribution in [0.5, 0.6) is 0 Å². The van der Waals surface area contributed by atoms with Crippen LogP contribution in [0, 0.1) is 0 Å². The van der Waals surface area contributed by atoms with Gasteiger partial charge in [-0.25, -0.2) is 4.57 Å². The van der Waals surface area contributed by atoms with Gasteiger partial charge in [0.1, 0.15) is 0 Å². The maximum atomic E-state index is 8.88. The fourth-order valence-corrected chi connectivity index (χ4v) is 0. The Labute approximate surface area is 54.9 Å². The van der Waals surface area contributed by atoms with Gasteiger partial charge < -0.3 is 19.5 Å². The lowest BCUT2D eigenvalue weighted by atomic mass is 11.9. The van der Waals surface area contributed by atoms with Crippen molar-refractivity contribution in [2.45, 2.75) is 13.1 Å². The molecule has 58 valence electrons. The molecule has 0 radical (unpaired) electrons. The van der Waals surface area contributed by atoms with Gasteiger partial charge in [0.2, 0.25) is 0 Å². The van der Waals surface area contributed by atoms with E-state index in [0.717, 1.165) is 0 Å². The molecular formula is C2H11O5PSi. The number of rotatable bonds is 0. The molecule has 0 aromatic heterocycles. The summed E-state index contributed by atoms with van der Waals surface area (Å²) in [6.07, 6.45) is 0. The van der Waals surface area contributed by atoms with E-state index in [4.69, 9.17) is 24.0 Å². The van der Waals surface area contributed by atoms with Crippen molar-refractivity contribution in [3.8, 4) is 0 Å². The van der Waals surface area contributed by atoms with Crippen LogP contribution >= 0.6 is 7.82 Å². The Morgan fingerprint density at radius 1 is 1.22 bits per heavy atom. The molecule has 0 unspecified atom stereocenters. The van der Waals surface area contributed by atoms with Crippen molar-refractivity contribution < 1.29 is 24.0 Å².